The van der Waals surface area contributed by atoms with E-state index < -0.39 is 9.84 Å². The number of aryl methyl sites for hydroxylation is 1. The highest BCUT2D eigenvalue weighted by molar-refractivity contribution is 7.91. The Kier molecular flexibility index (Phi) is 3.14. The zero-order valence-electron chi connectivity index (χ0n) is 9.31. The Labute approximate surface area is 96.0 Å². The van der Waals surface area contributed by atoms with E-state index in [9.17, 15) is 8.42 Å². The molecule has 0 spiro atoms. The third-order valence-electron chi connectivity index (χ3n) is 2.79. The van der Waals surface area contributed by atoms with Crippen molar-refractivity contribution in [1.82, 2.24) is 4.98 Å². The molecule has 0 aromatic carbocycles. The molecular weight excluding hydrogens is 224 g/mol. The van der Waals surface area contributed by atoms with Crippen LogP contribution < -0.4 is 5.32 Å². The normalized spacial score (nSPS) is 23.2. The number of rotatable bonds is 3. The minimum Gasteiger partial charge on any atom is -0.370 e. The predicted octanol–water partition coefficient (Wildman–Crippen LogP) is 1.24. The number of aromatic nitrogens is 1. The molecule has 2 heterocycles. The maximum Gasteiger partial charge on any atom is 0.150 e. The maximum atomic E-state index is 11.3. The highest BCUT2D eigenvalue weighted by atomic mass is 32.2. The Balaban J connectivity index is 1.89. The number of hydrogen-bond donors (Lipinski definition) is 1. The molecule has 1 aliphatic heterocycles. The number of nitrogens with zero attached hydrogens (tertiary/aromatic N) is 1. The van der Waals surface area contributed by atoms with Gasteiger partial charge in [-0.15, -0.1) is 0 Å². The molecule has 4 nitrogen and oxygen atoms in total. The average Bonchev–Trinajstić information content (AvgIpc) is 2.56. The van der Waals surface area contributed by atoms with Gasteiger partial charge < -0.3 is 5.32 Å². The number of hydrogen-bond acceptors (Lipinski definition) is 4. The molecule has 88 valence electrons. The first-order valence-corrected chi connectivity index (χ1v) is 7.25. The van der Waals surface area contributed by atoms with Crippen LogP contribution in [0.3, 0.4) is 0 Å². The first-order valence-electron chi connectivity index (χ1n) is 5.43. The van der Waals surface area contributed by atoms with Gasteiger partial charge in [-0.3, -0.25) is 0 Å². The molecule has 0 radical (unpaired) electrons. The molecule has 1 N–H and O–H groups in total. The van der Waals surface area contributed by atoms with Gasteiger partial charge in [-0.05, 0) is 31.4 Å². The molecule has 2 rings (SSSR count). The van der Waals surface area contributed by atoms with Gasteiger partial charge in [0.15, 0.2) is 9.84 Å². The molecule has 5 heteroatoms. The Morgan fingerprint density at radius 2 is 2.31 bits per heavy atom. The summed E-state index contributed by atoms with van der Waals surface area (Å²) in [5, 5.41) is 3.19. The maximum absolute atomic E-state index is 11.3. The van der Waals surface area contributed by atoms with Crippen LogP contribution in [0.1, 0.15) is 12.1 Å². The number of nitrogens with one attached hydrogen (secondary N) is 1. The van der Waals surface area contributed by atoms with Gasteiger partial charge in [-0.2, -0.15) is 0 Å². The van der Waals surface area contributed by atoms with Gasteiger partial charge in [-0.25, -0.2) is 13.4 Å². The van der Waals surface area contributed by atoms with Crippen LogP contribution >= 0.6 is 0 Å². The number of anilines is 1. The first kappa shape index (κ1) is 11.4. The second kappa shape index (κ2) is 4.41. The van der Waals surface area contributed by atoms with E-state index in [1.54, 1.807) is 0 Å². The Morgan fingerprint density at radius 1 is 1.50 bits per heavy atom. The lowest BCUT2D eigenvalue weighted by Crippen LogP contribution is -2.16. The molecular formula is C11H16N2O2S. The number of pyridine rings is 1. The Morgan fingerprint density at radius 3 is 2.94 bits per heavy atom. The quantitative estimate of drug-likeness (QED) is 0.863. The van der Waals surface area contributed by atoms with Gasteiger partial charge in [0.25, 0.3) is 0 Å². The van der Waals surface area contributed by atoms with Gasteiger partial charge in [0.2, 0.25) is 0 Å². The summed E-state index contributed by atoms with van der Waals surface area (Å²) in [5.41, 5.74) is 0.962. The van der Waals surface area contributed by atoms with Crippen LogP contribution in [-0.4, -0.2) is 31.5 Å². The molecule has 16 heavy (non-hydrogen) atoms. The molecule has 1 aromatic heterocycles. The van der Waals surface area contributed by atoms with E-state index in [-0.39, 0.29) is 5.92 Å². The highest BCUT2D eigenvalue weighted by Gasteiger charge is 2.27. The van der Waals surface area contributed by atoms with E-state index in [0.29, 0.717) is 18.1 Å². The fourth-order valence-electron chi connectivity index (χ4n) is 1.92. The summed E-state index contributed by atoms with van der Waals surface area (Å²) in [6.45, 7) is 2.63. The standard InChI is InChI=1S/C11H16N2O2S/c1-9-3-2-4-11(13-9)12-7-10-5-6-16(14,15)8-10/h2-4,10H,5-8H2,1H3,(H,12,13). The van der Waals surface area contributed by atoms with Crippen molar-refractivity contribution >= 4 is 15.7 Å². The monoisotopic (exact) mass is 240 g/mol. The topological polar surface area (TPSA) is 59.1 Å². The molecule has 1 unspecified atom stereocenters. The van der Waals surface area contributed by atoms with Crippen molar-refractivity contribution in [3.05, 3.63) is 23.9 Å². The largest absolute Gasteiger partial charge is 0.370 e. The highest BCUT2D eigenvalue weighted by Crippen LogP contribution is 2.18. The van der Waals surface area contributed by atoms with Crippen LogP contribution in [-0.2, 0) is 9.84 Å². The SMILES string of the molecule is Cc1cccc(NCC2CCS(=O)(=O)C2)n1. The van der Waals surface area contributed by atoms with Crippen LogP contribution in [0.2, 0.25) is 0 Å². The molecule has 0 aliphatic carbocycles. The molecule has 1 aliphatic rings. The summed E-state index contributed by atoms with van der Waals surface area (Å²) in [6.07, 6.45) is 0.765. The summed E-state index contributed by atoms with van der Waals surface area (Å²) < 4.78 is 22.5. The summed E-state index contributed by atoms with van der Waals surface area (Å²) in [7, 11) is -2.77. The van der Waals surface area contributed by atoms with Crippen molar-refractivity contribution in [1.29, 1.82) is 0 Å². The van der Waals surface area contributed by atoms with Crippen molar-refractivity contribution in [2.75, 3.05) is 23.4 Å². The van der Waals surface area contributed by atoms with E-state index in [1.807, 2.05) is 25.1 Å². The number of sulfone groups is 1. The molecule has 0 amide bonds. The van der Waals surface area contributed by atoms with Crippen LogP contribution in [0.15, 0.2) is 18.2 Å². The minimum absolute atomic E-state index is 0.229. The van der Waals surface area contributed by atoms with E-state index >= 15 is 0 Å². The molecule has 0 saturated carbocycles. The molecule has 1 saturated heterocycles. The second-order valence-corrected chi connectivity index (χ2v) is 6.54. The molecule has 1 atom stereocenters. The van der Waals surface area contributed by atoms with Crippen molar-refractivity contribution < 1.29 is 8.42 Å². The Bertz CT molecular complexity index is 471. The van der Waals surface area contributed by atoms with E-state index in [4.69, 9.17) is 0 Å². The van der Waals surface area contributed by atoms with Crippen molar-refractivity contribution in [3.8, 4) is 0 Å². The summed E-state index contributed by atoms with van der Waals surface area (Å²) >= 11 is 0. The van der Waals surface area contributed by atoms with E-state index in [2.05, 4.69) is 10.3 Å². The molecule has 1 aromatic rings. The van der Waals surface area contributed by atoms with Crippen molar-refractivity contribution in [3.63, 3.8) is 0 Å². The second-order valence-electron chi connectivity index (χ2n) is 4.31. The summed E-state index contributed by atoms with van der Waals surface area (Å²) in [5.74, 6) is 1.70. The lowest BCUT2D eigenvalue weighted by Gasteiger charge is -2.10. The van der Waals surface area contributed by atoms with Gasteiger partial charge in [0, 0.05) is 12.2 Å². The van der Waals surface area contributed by atoms with Crippen LogP contribution in [0.5, 0.6) is 0 Å². The minimum atomic E-state index is -2.77. The van der Waals surface area contributed by atoms with Crippen molar-refractivity contribution in [2.24, 2.45) is 5.92 Å². The van der Waals surface area contributed by atoms with Gasteiger partial charge in [-0.1, -0.05) is 6.07 Å². The fraction of sp³-hybridized carbons (Fsp3) is 0.545. The molecule has 1 fully saturated rings. The van der Waals surface area contributed by atoms with Gasteiger partial charge >= 0.3 is 0 Å². The van der Waals surface area contributed by atoms with E-state index in [0.717, 1.165) is 17.9 Å². The van der Waals surface area contributed by atoms with Gasteiger partial charge in [0.05, 0.1) is 11.5 Å². The van der Waals surface area contributed by atoms with Gasteiger partial charge in [0.1, 0.15) is 5.82 Å². The lowest BCUT2D eigenvalue weighted by molar-refractivity contribution is 0.595. The zero-order valence-corrected chi connectivity index (χ0v) is 10.1. The first-order chi connectivity index (χ1) is 7.55. The zero-order chi connectivity index (χ0) is 11.6. The van der Waals surface area contributed by atoms with Crippen molar-refractivity contribution in [2.45, 2.75) is 13.3 Å². The third kappa shape index (κ3) is 2.95. The molecule has 0 bridgehead atoms. The van der Waals surface area contributed by atoms with E-state index in [1.165, 1.54) is 0 Å². The smallest absolute Gasteiger partial charge is 0.150 e. The van der Waals surface area contributed by atoms with Crippen LogP contribution in [0.25, 0.3) is 0 Å². The summed E-state index contributed by atoms with van der Waals surface area (Å²) in [6, 6.07) is 5.78. The average molecular weight is 240 g/mol. The van der Waals surface area contributed by atoms with Crippen LogP contribution in [0.4, 0.5) is 5.82 Å². The summed E-state index contributed by atoms with van der Waals surface area (Å²) in [4.78, 5) is 4.31. The third-order valence-corrected chi connectivity index (χ3v) is 4.62. The Hall–Kier alpha value is -1.10. The predicted molar refractivity (Wildman–Crippen MR) is 64.2 cm³/mol. The van der Waals surface area contributed by atoms with Crippen LogP contribution in [0, 0.1) is 12.8 Å². The lowest BCUT2D eigenvalue weighted by atomic mass is 10.1. The fourth-order valence-corrected chi connectivity index (χ4v) is 3.79.